The van der Waals surface area contributed by atoms with Gasteiger partial charge in [-0.05, 0) is 39.0 Å². The Hall–Kier alpha value is -2.89. The zero-order valence-corrected chi connectivity index (χ0v) is 15.9. The molecule has 3 rings (SSSR count). The fourth-order valence-corrected chi connectivity index (χ4v) is 2.89. The van der Waals surface area contributed by atoms with E-state index in [-0.39, 0.29) is 5.91 Å². The van der Waals surface area contributed by atoms with Gasteiger partial charge in [0.05, 0.1) is 23.5 Å². The van der Waals surface area contributed by atoms with Crippen molar-refractivity contribution in [2.24, 2.45) is 7.05 Å². The van der Waals surface area contributed by atoms with Gasteiger partial charge >= 0.3 is 0 Å². The molecule has 6 nitrogen and oxygen atoms in total. The van der Waals surface area contributed by atoms with Crippen LogP contribution in [0.25, 0.3) is 11.0 Å². The van der Waals surface area contributed by atoms with Gasteiger partial charge in [-0.2, -0.15) is 5.10 Å². The smallest absolute Gasteiger partial charge is 0.255 e. The topological polar surface area (TPSA) is 60.2 Å². The van der Waals surface area contributed by atoms with Gasteiger partial charge < -0.3 is 9.64 Å². The quantitative estimate of drug-likeness (QED) is 0.708. The lowest BCUT2D eigenvalue weighted by atomic mass is 10.1. The molecule has 0 atom stereocenters. The van der Waals surface area contributed by atoms with E-state index in [0.29, 0.717) is 24.4 Å². The molecule has 0 aliphatic carbocycles. The Balaban J connectivity index is 1.69. The van der Waals surface area contributed by atoms with Gasteiger partial charge in [0.1, 0.15) is 12.4 Å². The van der Waals surface area contributed by atoms with Gasteiger partial charge in [-0.1, -0.05) is 17.7 Å². The zero-order chi connectivity index (χ0) is 18.8. The molecule has 1 amide bonds. The summed E-state index contributed by atoms with van der Waals surface area (Å²) in [5, 5.41) is 5.28. The van der Waals surface area contributed by atoms with Crippen molar-refractivity contribution < 1.29 is 9.53 Å². The third-order valence-electron chi connectivity index (χ3n) is 4.48. The predicted octanol–water partition coefficient (Wildman–Crippen LogP) is 3.04. The number of rotatable bonds is 5. The monoisotopic (exact) mass is 352 g/mol. The van der Waals surface area contributed by atoms with Gasteiger partial charge in [-0.15, -0.1) is 0 Å². The highest BCUT2D eigenvalue weighted by Crippen LogP contribution is 2.20. The Labute approximate surface area is 153 Å². The van der Waals surface area contributed by atoms with Crippen molar-refractivity contribution >= 4 is 16.9 Å². The van der Waals surface area contributed by atoms with Crippen molar-refractivity contribution in [1.82, 2.24) is 19.7 Å². The number of aryl methyl sites for hydroxylation is 4. The van der Waals surface area contributed by atoms with E-state index in [1.54, 1.807) is 16.6 Å². The summed E-state index contributed by atoms with van der Waals surface area (Å²) in [6, 6.07) is 9.77. The number of fused-ring (bicyclic) bond motifs is 1. The number of nitrogens with zero attached hydrogens (tertiary/aromatic N) is 4. The molecule has 0 radical (unpaired) electrons. The first-order valence-corrected chi connectivity index (χ1v) is 8.62. The van der Waals surface area contributed by atoms with Crippen molar-refractivity contribution in [2.45, 2.75) is 20.8 Å². The molecule has 0 N–H and O–H groups in total. The van der Waals surface area contributed by atoms with Crippen LogP contribution in [0.1, 0.15) is 27.3 Å². The van der Waals surface area contributed by atoms with Crippen LogP contribution in [0.5, 0.6) is 5.75 Å². The molecule has 1 aromatic carbocycles. The van der Waals surface area contributed by atoms with E-state index in [1.165, 1.54) is 5.56 Å². The molecule has 6 heteroatoms. The SMILES string of the molecule is Cc1ccc(OCCN(C)C(=O)c2cc3c(C)nn(C)c3nc2C)cc1. The molecule has 0 fully saturated rings. The van der Waals surface area contributed by atoms with Gasteiger partial charge in [0, 0.05) is 19.5 Å². The van der Waals surface area contributed by atoms with Crippen molar-refractivity contribution in [3.8, 4) is 5.75 Å². The number of carbonyl (C=O) groups is 1. The highest BCUT2D eigenvalue weighted by Gasteiger charge is 2.18. The largest absolute Gasteiger partial charge is 0.492 e. The second-order valence-corrected chi connectivity index (χ2v) is 6.59. The number of hydrogen-bond donors (Lipinski definition) is 0. The summed E-state index contributed by atoms with van der Waals surface area (Å²) in [6.07, 6.45) is 0. The van der Waals surface area contributed by atoms with Gasteiger partial charge in [0.15, 0.2) is 5.65 Å². The first-order chi connectivity index (χ1) is 12.4. The van der Waals surface area contributed by atoms with Gasteiger partial charge in [0.25, 0.3) is 5.91 Å². The number of aromatic nitrogens is 3. The molecular weight excluding hydrogens is 328 g/mol. The number of likely N-dealkylation sites (N-methyl/N-ethyl adjacent to an activating group) is 1. The number of carbonyl (C=O) groups excluding carboxylic acids is 1. The molecular formula is C20H24N4O2. The number of amides is 1. The number of hydrogen-bond acceptors (Lipinski definition) is 4. The van der Waals surface area contributed by atoms with Crippen LogP contribution >= 0.6 is 0 Å². The molecule has 3 aromatic rings. The second kappa shape index (κ2) is 7.15. The highest BCUT2D eigenvalue weighted by atomic mass is 16.5. The normalized spacial score (nSPS) is 11.0. The fourth-order valence-electron chi connectivity index (χ4n) is 2.89. The Kier molecular flexibility index (Phi) is 4.93. The molecule has 0 unspecified atom stereocenters. The van der Waals surface area contributed by atoms with E-state index in [0.717, 1.165) is 22.5 Å². The summed E-state index contributed by atoms with van der Waals surface area (Å²) in [5.74, 6) is 0.745. The predicted molar refractivity (Wildman–Crippen MR) is 102 cm³/mol. The van der Waals surface area contributed by atoms with E-state index in [9.17, 15) is 4.79 Å². The molecule has 26 heavy (non-hydrogen) atoms. The maximum Gasteiger partial charge on any atom is 0.255 e. The lowest BCUT2D eigenvalue weighted by molar-refractivity contribution is 0.0773. The molecule has 2 aromatic heterocycles. The summed E-state index contributed by atoms with van der Waals surface area (Å²) in [4.78, 5) is 19.0. The maximum absolute atomic E-state index is 12.8. The highest BCUT2D eigenvalue weighted by molar-refractivity contribution is 5.98. The second-order valence-electron chi connectivity index (χ2n) is 6.59. The van der Waals surface area contributed by atoms with Crippen molar-refractivity contribution in [3.63, 3.8) is 0 Å². The lowest BCUT2D eigenvalue weighted by Gasteiger charge is -2.18. The Morgan fingerprint density at radius 1 is 1.15 bits per heavy atom. The number of benzene rings is 1. The van der Waals surface area contributed by atoms with Crippen LogP contribution in [0.15, 0.2) is 30.3 Å². The Morgan fingerprint density at radius 2 is 1.85 bits per heavy atom. The third kappa shape index (κ3) is 3.54. The molecule has 0 aliphatic rings. The van der Waals surface area contributed by atoms with E-state index in [1.807, 2.05) is 58.2 Å². The minimum atomic E-state index is -0.0624. The Bertz CT molecular complexity index is 945. The minimum Gasteiger partial charge on any atom is -0.492 e. The van der Waals surface area contributed by atoms with Crippen LogP contribution in [0.2, 0.25) is 0 Å². The van der Waals surface area contributed by atoms with Crippen LogP contribution < -0.4 is 4.74 Å². The number of ether oxygens (including phenoxy) is 1. The van der Waals surface area contributed by atoms with Gasteiger partial charge in [-0.25, -0.2) is 4.98 Å². The van der Waals surface area contributed by atoms with E-state index < -0.39 is 0 Å². The average Bonchev–Trinajstić information content (AvgIpc) is 2.88. The fraction of sp³-hybridized carbons (Fsp3) is 0.350. The molecule has 0 saturated carbocycles. The summed E-state index contributed by atoms with van der Waals surface area (Å²) in [7, 11) is 3.64. The van der Waals surface area contributed by atoms with Crippen LogP contribution in [0.3, 0.4) is 0 Å². The molecule has 0 spiro atoms. The Morgan fingerprint density at radius 3 is 2.54 bits per heavy atom. The molecule has 0 aliphatic heterocycles. The third-order valence-corrected chi connectivity index (χ3v) is 4.48. The van der Waals surface area contributed by atoms with E-state index in [4.69, 9.17) is 4.74 Å². The molecule has 0 saturated heterocycles. The van der Waals surface area contributed by atoms with E-state index >= 15 is 0 Å². The maximum atomic E-state index is 12.8. The first kappa shape index (κ1) is 17.9. The van der Waals surface area contributed by atoms with Crippen molar-refractivity contribution in [2.75, 3.05) is 20.2 Å². The standard InChI is InChI=1S/C20H24N4O2/c1-13-6-8-16(9-7-13)26-11-10-23(4)20(25)18-12-17-15(3)22-24(5)19(17)21-14(18)2/h6-9,12H,10-11H2,1-5H3. The molecule has 2 heterocycles. The van der Waals surface area contributed by atoms with E-state index in [2.05, 4.69) is 10.1 Å². The summed E-state index contributed by atoms with van der Waals surface area (Å²) >= 11 is 0. The van der Waals surface area contributed by atoms with Gasteiger partial charge in [-0.3, -0.25) is 9.48 Å². The van der Waals surface area contributed by atoms with Crippen LogP contribution in [-0.4, -0.2) is 45.8 Å². The summed E-state index contributed by atoms with van der Waals surface area (Å²) in [6.45, 7) is 6.74. The average molecular weight is 352 g/mol. The van der Waals surface area contributed by atoms with Crippen molar-refractivity contribution in [3.05, 3.63) is 52.8 Å². The first-order valence-electron chi connectivity index (χ1n) is 8.62. The zero-order valence-electron chi connectivity index (χ0n) is 15.9. The van der Waals surface area contributed by atoms with Gasteiger partial charge in [0.2, 0.25) is 0 Å². The lowest BCUT2D eigenvalue weighted by Crippen LogP contribution is -2.31. The molecule has 0 bridgehead atoms. The van der Waals surface area contributed by atoms with Crippen LogP contribution in [0.4, 0.5) is 0 Å². The summed E-state index contributed by atoms with van der Waals surface area (Å²) in [5.41, 5.74) is 4.16. The van der Waals surface area contributed by atoms with Crippen molar-refractivity contribution in [1.29, 1.82) is 0 Å². The number of pyridine rings is 1. The van der Waals surface area contributed by atoms with Crippen LogP contribution in [-0.2, 0) is 7.05 Å². The minimum absolute atomic E-state index is 0.0624. The van der Waals surface area contributed by atoms with Crippen LogP contribution in [0, 0.1) is 20.8 Å². The molecule has 136 valence electrons. The summed E-state index contributed by atoms with van der Waals surface area (Å²) < 4.78 is 7.46.